The third-order valence-corrected chi connectivity index (χ3v) is 3.12. The van der Waals surface area contributed by atoms with Gasteiger partial charge in [0.25, 0.3) is 0 Å². The van der Waals surface area contributed by atoms with Crippen molar-refractivity contribution in [3.63, 3.8) is 0 Å². The lowest BCUT2D eigenvalue weighted by atomic mass is 9.78. The quantitative estimate of drug-likeness (QED) is 0.357. The lowest BCUT2D eigenvalue weighted by Crippen LogP contribution is -2.49. The SMILES string of the molecule is CC(C)C1CCCCC1NC(=O)NN. The predicted molar refractivity (Wildman–Crippen MR) is 56.4 cm³/mol. The highest BCUT2D eigenvalue weighted by Gasteiger charge is 2.28. The summed E-state index contributed by atoms with van der Waals surface area (Å²) in [6.07, 6.45) is 4.79. The Hall–Kier alpha value is -0.770. The minimum Gasteiger partial charge on any atom is -0.334 e. The highest BCUT2D eigenvalue weighted by atomic mass is 16.2. The highest BCUT2D eigenvalue weighted by Crippen LogP contribution is 2.29. The molecule has 0 aromatic carbocycles. The number of rotatable bonds is 2. The van der Waals surface area contributed by atoms with Crippen LogP contribution in [0.1, 0.15) is 39.5 Å². The summed E-state index contributed by atoms with van der Waals surface area (Å²) < 4.78 is 0. The van der Waals surface area contributed by atoms with E-state index < -0.39 is 0 Å². The molecule has 1 aliphatic carbocycles. The summed E-state index contributed by atoms with van der Waals surface area (Å²) in [6, 6.07) is 0.0369. The van der Waals surface area contributed by atoms with E-state index in [0.717, 1.165) is 6.42 Å². The molecule has 2 amide bonds. The van der Waals surface area contributed by atoms with Crippen molar-refractivity contribution >= 4 is 6.03 Å². The van der Waals surface area contributed by atoms with Gasteiger partial charge in [-0.25, -0.2) is 10.6 Å². The molecule has 0 saturated heterocycles. The molecule has 1 saturated carbocycles. The molecule has 1 rings (SSSR count). The van der Waals surface area contributed by atoms with Gasteiger partial charge in [-0.2, -0.15) is 0 Å². The molecule has 2 unspecified atom stereocenters. The van der Waals surface area contributed by atoms with Crippen molar-refractivity contribution in [2.75, 3.05) is 0 Å². The maximum atomic E-state index is 11.1. The van der Waals surface area contributed by atoms with Crippen molar-refractivity contribution in [2.24, 2.45) is 17.7 Å². The molecule has 0 aliphatic heterocycles. The molecule has 0 spiro atoms. The molecular weight excluding hydrogens is 178 g/mol. The van der Waals surface area contributed by atoms with Crippen LogP contribution in [0.2, 0.25) is 0 Å². The number of carbonyl (C=O) groups is 1. The van der Waals surface area contributed by atoms with Crippen LogP contribution in [0.15, 0.2) is 0 Å². The predicted octanol–water partition coefficient (Wildman–Crippen LogP) is 1.37. The topological polar surface area (TPSA) is 67.2 Å². The second-order valence-corrected chi connectivity index (χ2v) is 4.42. The van der Waals surface area contributed by atoms with Crippen molar-refractivity contribution in [1.29, 1.82) is 0 Å². The minimum absolute atomic E-state index is 0.262. The van der Waals surface area contributed by atoms with Crippen molar-refractivity contribution in [1.82, 2.24) is 10.7 Å². The summed E-state index contributed by atoms with van der Waals surface area (Å²) in [5.41, 5.74) is 2.12. The van der Waals surface area contributed by atoms with Gasteiger partial charge in [0.05, 0.1) is 0 Å². The van der Waals surface area contributed by atoms with E-state index in [4.69, 9.17) is 5.84 Å². The molecular formula is C10H21N3O. The van der Waals surface area contributed by atoms with Crippen LogP contribution in [-0.4, -0.2) is 12.1 Å². The number of hydrazine groups is 1. The van der Waals surface area contributed by atoms with Gasteiger partial charge in [0, 0.05) is 6.04 Å². The van der Waals surface area contributed by atoms with Crippen LogP contribution in [0.25, 0.3) is 0 Å². The molecule has 82 valence electrons. The summed E-state index contributed by atoms with van der Waals surface area (Å²) in [7, 11) is 0. The van der Waals surface area contributed by atoms with Gasteiger partial charge in [0.15, 0.2) is 0 Å². The first-order valence-electron chi connectivity index (χ1n) is 5.42. The van der Waals surface area contributed by atoms with Crippen molar-refractivity contribution in [2.45, 2.75) is 45.6 Å². The molecule has 0 aromatic rings. The smallest absolute Gasteiger partial charge is 0.329 e. The Labute approximate surface area is 85.6 Å². The summed E-state index contributed by atoms with van der Waals surface area (Å²) in [4.78, 5) is 11.1. The van der Waals surface area contributed by atoms with Gasteiger partial charge in [0.1, 0.15) is 0 Å². The lowest BCUT2D eigenvalue weighted by molar-refractivity contribution is 0.194. The zero-order valence-electron chi connectivity index (χ0n) is 9.05. The van der Waals surface area contributed by atoms with Crippen molar-refractivity contribution in [3.05, 3.63) is 0 Å². The Morgan fingerprint density at radius 2 is 2.00 bits per heavy atom. The van der Waals surface area contributed by atoms with Crippen LogP contribution in [-0.2, 0) is 0 Å². The summed E-state index contributed by atoms with van der Waals surface area (Å²) >= 11 is 0. The molecule has 14 heavy (non-hydrogen) atoms. The van der Waals surface area contributed by atoms with Gasteiger partial charge in [-0.05, 0) is 24.7 Å². The molecule has 1 aliphatic rings. The Bertz CT molecular complexity index is 194. The van der Waals surface area contributed by atoms with E-state index in [1.54, 1.807) is 0 Å². The zero-order chi connectivity index (χ0) is 10.6. The van der Waals surface area contributed by atoms with Gasteiger partial charge in [0.2, 0.25) is 0 Å². The Morgan fingerprint density at radius 1 is 1.36 bits per heavy atom. The fourth-order valence-electron chi connectivity index (χ4n) is 2.35. The van der Waals surface area contributed by atoms with E-state index in [-0.39, 0.29) is 6.03 Å². The first-order valence-corrected chi connectivity index (χ1v) is 5.42. The summed E-state index contributed by atoms with van der Waals surface area (Å²) in [5.74, 6) is 6.27. The first-order chi connectivity index (χ1) is 6.65. The van der Waals surface area contributed by atoms with E-state index in [2.05, 4.69) is 24.6 Å². The number of hydrogen-bond acceptors (Lipinski definition) is 2. The van der Waals surface area contributed by atoms with Crippen LogP contribution in [0, 0.1) is 11.8 Å². The summed E-state index contributed by atoms with van der Waals surface area (Å²) in [5, 5.41) is 2.92. The molecule has 4 nitrogen and oxygen atoms in total. The minimum atomic E-state index is -0.262. The van der Waals surface area contributed by atoms with Crippen molar-refractivity contribution in [3.8, 4) is 0 Å². The molecule has 4 heteroatoms. The molecule has 4 N–H and O–H groups in total. The van der Waals surface area contributed by atoms with Gasteiger partial charge < -0.3 is 5.32 Å². The number of nitrogens with one attached hydrogen (secondary N) is 2. The normalized spacial score (nSPS) is 27.4. The van der Waals surface area contributed by atoms with Gasteiger partial charge >= 0.3 is 6.03 Å². The standard InChI is InChI=1S/C10H21N3O/c1-7(2)8-5-3-4-6-9(8)12-10(14)13-11/h7-9H,3-6,11H2,1-2H3,(H2,12,13,14). The van der Waals surface area contributed by atoms with Crippen LogP contribution >= 0.6 is 0 Å². The largest absolute Gasteiger partial charge is 0.334 e. The van der Waals surface area contributed by atoms with E-state index in [9.17, 15) is 4.79 Å². The first kappa shape index (κ1) is 11.3. The second kappa shape index (κ2) is 5.20. The van der Waals surface area contributed by atoms with E-state index in [0.29, 0.717) is 17.9 Å². The second-order valence-electron chi connectivity index (χ2n) is 4.42. The van der Waals surface area contributed by atoms with E-state index in [1.807, 2.05) is 0 Å². The Balaban J connectivity index is 2.49. The fraction of sp³-hybridized carbons (Fsp3) is 0.900. The number of hydrogen-bond donors (Lipinski definition) is 3. The number of urea groups is 1. The van der Waals surface area contributed by atoms with Crippen LogP contribution in [0.4, 0.5) is 4.79 Å². The van der Waals surface area contributed by atoms with E-state index >= 15 is 0 Å². The van der Waals surface area contributed by atoms with Gasteiger partial charge in [-0.15, -0.1) is 0 Å². The zero-order valence-corrected chi connectivity index (χ0v) is 9.05. The average Bonchev–Trinajstić information content (AvgIpc) is 2.18. The van der Waals surface area contributed by atoms with Crippen molar-refractivity contribution < 1.29 is 4.79 Å². The molecule has 0 aromatic heterocycles. The Morgan fingerprint density at radius 3 is 2.57 bits per heavy atom. The van der Waals surface area contributed by atoms with Crippen LogP contribution < -0.4 is 16.6 Å². The van der Waals surface area contributed by atoms with Crippen LogP contribution in [0.5, 0.6) is 0 Å². The molecule has 0 heterocycles. The lowest BCUT2D eigenvalue weighted by Gasteiger charge is -2.34. The maximum Gasteiger partial charge on any atom is 0.329 e. The third kappa shape index (κ3) is 2.87. The molecule has 1 fully saturated rings. The summed E-state index contributed by atoms with van der Waals surface area (Å²) in [6.45, 7) is 4.43. The number of amides is 2. The molecule has 2 atom stereocenters. The monoisotopic (exact) mass is 199 g/mol. The molecule has 0 radical (unpaired) electrons. The number of carbonyl (C=O) groups excluding carboxylic acids is 1. The average molecular weight is 199 g/mol. The third-order valence-electron chi connectivity index (χ3n) is 3.12. The Kier molecular flexibility index (Phi) is 4.20. The van der Waals surface area contributed by atoms with E-state index in [1.165, 1.54) is 19.3 Å². The maximum absolute atomic E-state index is 11.1. The highest BCUT2D eigenvalue weighted by molar-refractivity contribution is 5.73. The fourth-order valence-corrected chi connectivity index (χ4v) is 2.35. The van der Waals surface area contributed by atoms with Gasteiger partial charge in [-0.3, -0.25) is 5.43 Å². The molecule has 0 bridgehead atoms. The van der Waals surface area contributed by atoms with Crippen LogP contribution in [0.3, 0.4) is 0 Å². The van der Waals surface area contributed by atoms with Gasteiger partial charge in [-0.1, -0.05) is 26.7 Å². The number of nitrogens with two attached hydrogens (primary N) is 1.